The Labute approximate surface area is 163 Å². The summed E-state index contributed by atoms with van der Waals surface area (Å²) in [5.74, 6) is 0.499. The number of hydrogen-bond acceptors (Lipinski definition) is 6. The Hall–Kier alpha value is -2.32. The molecule has 0 unspecified atom stereocenters. The first kappa shape index (κ1) is 19.4. The lowest BCUT2D eigenvalue weighted by Crippen LogP contribution is -2.50. The standard InChI is InChI=1S/C19H24N4O3S/c1-14-13-16(21-26-14)19(25)23-11-9-22(10-12-23)8-7-20-18(24)15-5-3-4-6-17(15)27-2/h3-6,13H,7-12H2,1-2H3,(H,20,24). The van der Waals surface area contributed by atoms with Crippen molar-refractivity contribution in [1.82, 2.24) is 20.3 Å². The number of amides is 2. The van der Waals surface area contributed by atoms with Gasteiger partial charge in [-0.1, -0.05) is 17.3 Å². The van der Waals surface area contributed by atoms with Crippen molar-refractivity contribution in [3.05, 3.63) is 47.3 Å². The fourth-order valence-electron chi connectivity index (χ4n) is 3.06. The van der Waals surface area contributed by atoms with Crippen LogP contribution in [0.15, 0.2) is 39.8 Å². The Morgan fingerprint density at radius 2 is 1.96 bits per heavy atom. The normalized spacial score (nSPS) is 15.0. The lowest BCUT2D eigenvalue weighted by Gasteiger charge is -2.34. The molecular formula is C19H24N4O3S. The molecule has 1 aliphatic heterocycles. The number of aryl methyl sites for hydroxylation is 1. The van der Waals surface area contributed by atoms with Gasteiger partial charge in [0.2, 0.25) is 0 Å². The maximum absolute atomic E-state index is 12.4. The zero-order chi connectivity index (χ0) is 19.2. The first-order valence-corrected chi connectivity index (χ1v) is 10.2. The summed E-state index contributed by atoms with van der Waals surface area (Å²) in [6, 6.07) is 9.27. The number of piperazine rings is 1. The number of benzene rings is 1. The maximum atomic E-state index is 12.4. The Kier molecular flexibility index (Phi) is 6.52. The predicted octanol–water partition coefficient (Wildman–Crippen LogP) is 1.89. The van der Waals surface area contributed by atoms with Crippen LogP contribution in [0, 0.1) is 6.92 Å². The average Bonchev–Trinajstić information content (AvgIpc) is 3.14. The van der Waals surface area contributed by atoms with E-state index in [0.29, 0.717) is 36.7 Å². The smallest absolute Gasteiger partial charge is 0.276 e. The highest BCUT2D eigenvalue weighted by Crippen LogP contribution is 2.19. The van der Waals surface area contributed by atoms with Crippen LogP contribution in [0.2, 0.25) is 0 Å². The van der Waals surface area contributed by atoms with E-state index in [1.165, 1.54) is 0 Å². The van der Waals surface area contributed by atoms with Crippen LogP contribution >= 0.6 is 11.8 Å². The molecule has 0 saturated carbocycles. The van der Waals surface area contributed by atoms with Crippen molar-refractivity contribution >= 4 is 23.6 Å². The number of nitrogens with zero attached hydrogens (tertiary/aromatic N) is 3. The fraction of sp³-hybridized carbons (Fsp3) is 0.421. The van der Waals surface area contributed by atoms with Gasteiger partial charge in [-0.05, 0) is 25.3 Å². The topological polar surface area (TPSA) is 78.7 Å². The van der Waals surface area contributed by atoms with Crippen LogP contribution in [-0.2, 0) is 0 Å². The second-order valence-electron chi connectivity index (χ2n) is 6.41. The molecule has 27 heavy (non-hydrogen) atoms. The average molecular weight is 388 g/mol. The van der Waals surface area contributed by atoms with Crippen LogP contribution in [0.25, 0.3) is 0 Å². The molecule has 3 rings (SSSR count). The first-order chi connectivity index (χ1) is 13.1. The molecule has 1 fully saturated rings. The fourth-order valence-corrected chi connectivity index (χ4v) is 3.65. The van der Waals surface area contributed by atoms with Crippen LogP contribution < -0.4 is 5.32 Å². The van der Waals surface area contributed by atoms with Crippen LogP contribution in [0.3, 0.4) is 0 Å². The van der Waals surface area contributed by atoms with Gasteiger partial charge >= 0.3 is 0 Å². The number of nitrogens with one attached hydrogen (secondary N) is 1. The number of thioether (sulfide) groups is 1. The summed E-state index contributed by atoms with van der Waals surface area (Å²) in [7, 11) is 0. The number of carbonyl (C=O) groups excluding carboxylic acids is 2. The van der Waals surface area contributed by atoms with Crippen LogP contribution in [-0.4, -0.2) is 72.3 Å². The van der Waals surface area contributed by atoms with Crippen LogP contribution in [0.4, 0.5) is 0 Å². The van der Waals surface area contributed by atoms with E-state index >= 15 is 0 Å². The Morgan fingerprint density at radius 1 is 1.22 bits per heavy atom. The summed E-state index contributed by atoms with van der Waals surface area (Å²) in [5, 5.41) is 6.78. The molecule has 0 bridgehead atoms. The zero-order valence-corrected chi connectivity index (χ0v) is 16.4. The minimum Gasteiger partial charge on any atom is -0.361 e. The van der Waals surface area contributed by atoms with Crippen molar-refractivity contribution in [3.8, 4) is 0 Å². The summed E-state index contributed by atoms with van der Waals surface area (Å²) < 4.78 is 4.98. The lowest BCUT2D eigenvalue weighted by atomic mass is 10.2. The van der Waals surface area contributed by atoms with Crippen molar-refractivity contribution in [2.75, 3.05) is 45.5 Å². The zero-order valence-electron chi connectivity index (χ0n) is 15.6. The molecule has 0 aliphatic carbocycles. The molecule has 0 radical (unpaired) electrons. The Bertz CT molecular complexity index is 800. The number of rotatable bonds is 6. The predicted molar refractivity (Wildman–Crippen MR) is 104 cm³/mol. The van der Waals surface area contributed by atoms with Gasteiger partial charge in [0.1, 0.15) is 5.76 Å². The van der Waals surface area contributed by atoms with E-state index in [-0.39, 0.29) is 11.8 Å². The van der Waals surface area contributed by atoms with E-state index in [0.717, 1.165) is 24.5 Å². The number of aromatic nitrogens is 1. The van der Waals surface area contributed by atoms with Crippen molar-refractivity contribution in [1.29, 1.82) is 0 Å². The van der Waals surface area contributed by atoms with Gasteiger partial charge in [0, 0.05) is 50.2 Å². The summed E-state index contributed by atoms with van der Waals surface area (Å²) in [4.78, 5) is 29.7. The van der Waals surface area contributed by atoms with Crippen molar-refractivity contribution < 1.29 is 14.1 Å². The molecule has 2 aromatic rings. The van der Waals surface area contributed by atoms with Crippen LogP contribution in [0.5, 0.6) is 0 Å². The molecular weight excluding hydrogens is 364 g/mol. The first-order valence-electron chi connectivity index (χ1n) is 8.94. The summed E-state index contributed by atoms with van der Waals surface area (Å²) in [6.45, 7) is 5.96. The highest BCUT2D eigenvalue weighted by Gasteiger charge is 2.24. The van der Waals surface area contributed by atoms with Gasteiger partial charge < -0.3 is 14.7 Å². The summed E-state index contributed by atoms with van der Waals surface area (Å²) >= 11 is 1.57. The van der Waals surface area contributed by atoms with Gasteiger partial charge in [0.25, 0.3) is 11.8 Å². The largest absolute Gasteiger partial charge is 0.361 e. The maximum Gasteiger partial charge on any atom is 0.276 e. The third-order valence-electron chi connectivity index (χ3n) is 4.57. The third kappa shape index (κ3) is 4.90. The number of hydrogen-bond donors (Lipinski definition) is 1. The highest BCUT2D eigenvalue weighted by atomic mass is 32.2. The molecule has 1 aliphatic rings. The molecule has 8 heteroatoms. The third-order valence-corrected chi connectivity index (χ3v) is 5.37. The Balaban J connectivity index is 1.42. The molecule has 1 saturated heterocycles. The lowest BCUT2D eigenvalue weighted by molar-refractivity contribution is 0.0628. The van der Waals surface area contributed by atoms with E-state index in [1.807, 2.05) is 30.5 Å². The van der Waals surface area contributed by atoms with E-state index in [9.17, 15) is 9.59 Å². The quantitative estimate of drug-likeness (QED) is 0.762. The molecule has 2 heterocycles. The van der Waals surface area contributed by atoms with E-state index in [1.54, 1.807) is 29.7 Å². The molecule has 7 nitrogen and oxygen atoms in total. The van der Waals surface area contributed by atoms with Gasteiger partial charge in [0.05, 0.1) is 5.56 Å². The monoisotopic (exact) mass is 388 g/mol. The van der Waals surface area contributed by atoms with E-state index in [4.69, 9.17) is 4.52 Å². The summed E-state index contributed by atoms with van der Waals surface area (Å²) in [6.07, 6.45) is 1.97. The molecule has 1 aromatic carbocycles. The van der Waals surface area contributed by atoms with E-state index in [2.05, 4.69) is 15.4 Å². The van der Waals surface area contributed by atoms with Gasteiger partial charge in [-0.2, -0.15) is 0 Å². The second-order valence-corrected chi connectivity index (χ2v) is 7.26. The molecule has 0 spiro atoms. The molecule has 0 atom stereocenters. The minimum absolute atomic E-state index is 0.0461. The minimum atomic E-state index is -0.0894. The summed E-state index contributed by atoms with van der Waals surface area (Å²) in [5.41, 5.74) is 1.07. The molecule has 1 N–H and O–H groups in total. The molecule has 1 aromatic heterocycles. The van der Waals surface area contributed by atoms with Crippen molar-refractivity contribution in [2.45, 2.75) is 11.8 Å². The van der Waals surface area contributed by atoms with Gasteiger partial charge in [-0.25, -0.2) is 0 Å². The van der Waals surface area contributed by atoms with E-state index < -0.39 is 0 Å². The second kappa shape index (κ2) is 9.05. The highest BCUT2D eigenvalue weighted by molar-refractivity contribution is 7.98. The Morgan fingerprint density at radius 3 is 2.63 bits per heavy atom. The van der Waals surface area contributed by atoms with Gasteiger partial charge in [-0.15, -0.1) is 11.8 Å². The SMILES string of the molecule is CSc1ccccc1C(=O)NCCN1CCN(C(=O)c2cc(C)on2)CC1. The van der Waals surface area contributed by atoms with Crippen molar-refractivity contribution in [3.63, 3.8) is 0 Å². The van der Waals surface area contributed by atoms with Gasteiger partial charge in [0.15, 0.2) is 5.69 Å². The van der Waals surface area contributed by atoms with Crippen LogP contribution in [0.1, 0.15) is 26.6 Å². The van der Waals surface area contributed by atoms with Crippen molar-refractivity contribution in [2.24, 2.45) is 0 Å². The molecule has 144 valence electrons. The van der Waals surface area contributed by atoms with Gasteiger partial charge in [-0.3, -0.25) is 14.5 Å². The number of carbonyl (C=O) groups is 2. The molecule has 2 amide bonds.